The van der Waals surface area contributed by atoms with Gasteiger partial charge in [-0.05, 0) is 49.4 Å². The van der Waals surface area contributed by atoms with Crippen molar-refractivity contribution >= 4 is 16.8 Å². The number of carbonyl (C=O) groups excluding carboxylic acids is 1. The summed E-state index contributed by atoms with van der Waals surface area (Å²) in [4.78, 5) is 13.0. The molecule has 1 aliphatic rings. The summed E-state index contributed by atoms with van der Waals surface area (Å²) in [5, 5.41) is 0.663. The molecule has 0 aliphatic heterocycles. The summed E-state index contributed by atoms with van der Waals surface area (Å²) in [6, 6.07) is 6.06. The quantitative estimate of drug-likeness (QED) is 0.709. The minimum atomic E-state index is -0.306. The van der Waals surface area contributed by atoms with E-state index in [1.54, 1.807) is 12.1 Å². The maximum atomic E-state index is 13.3. The lowest BCUT2D eigenvalue weighted by atomic mass is 9.74. The number of ketones is 1. The second-order valence-electron chi connectivity index (χ2n) is 6.71. The summed E-state index contributed by atoms with van der Waals surface area (Å²) in [5.74, 6) is 0.664. The Bertz CT molecular complexity index is 663. The molecule has 1 heterocycles. The first-order valence-corrected chi connectivity index (χ1v) is 7.74. The maximum Gasteiger partial charge on any atom is 0.204 e. The van der Waals surface area contributed by atoms with Crippen molar-refractivity contribution in [1.82, 2.24) is 0 Å². The van der Waals surface area contributed by atoms with Crippen LogP contribution >= 0.6 is 0 Å². The minimum absolute atomic E-state index is 0.102. The van der Waals surface area contributed by atoms with E-state index in [0.717, 1.165) is 32.1 Å². The Morgan fingerprint density at radius 1 is 1.29 bits per heavy atom. The Hall–Kier alpha value is -1.64. The van der Waals surface area contributed by atoms with Crippen molar-refractivity contribution in [3.8, 4) is 0 Å². The smallest absolute Gasteiger partial charge is 0.204 e. The van der Waals surface area contributed by atoms with Crippen molar-refractivity contribution in [1.29, 1.82) is 0 Å². The zero-order chi connectivity index (χ0) is 15.0. The average Bonchev–Trinajstić information content (AvgIpc) is 3.04. The lowest BCUT2D eigenvalue weighted by Gasteiger charge is -2.28. The molecule has 1 aliphatic carbocycles. The highest BCUT2D eigenvalue weighted by molar-refractivity contribution is 6.01. The molecule has 0 spiro atoms. The molecule has 1 fully saturated rings. The Labute approximate surface area is 124 Å². The summed E-state index contributed by atoms with van der Waals surface area (Å²) in [5.41, 5.74) is 0.304. The third kappa shape index (κ3) is 2.61. The highest BCUT2D eigenvalue weighted by atomic mass is 19.1. The van der Waals surface area contributed by atoms with Gasteiger partial charge >= 0.3 is 0 Å². The Balaban J connectivity index is 1.97. The van der Waals surface area contributed by atoms with Gasteiger partial charge in [0.2, 0.25) is 5.78 Å². The molecule has 112 valence electrons. The summed E-state index contributed by atoms with van der Waals surface area (Å²) in [6.07, 6.45) is 4.99. The third-order valence-electron chi connectivity index (χ3n) is 4.54. The van der Waals surface area contributed by atoms with E-state index in [4.69, 9.17) is 4.42 Å². The van der Waals surface area contributed by atoms with Crippen LogP contribution in [0.5, 0.6) is 0 Å². The van der Waals surface area contributed by atoms with E-state index in [1.165, 1.54) is 12.1 Å². The van der Waals surface area contributed by atoms with E-state index >= 15 is 0 Å². The van der Waals surface area contributed by atoms with E-state index < -0.39 is 0 Å². The molecular formula is C18H21FO2. The molecule has 0 radical (unpaired) electrons. The molecule has 0 atom stereocenters. The molecule has 1 aromatic heterocycles. The van der Waals surface area contributed by atoms with E-state index in [0.29, 0.717) is 22.6 Å². The van der Waals surface area contributed by atoms with Crippen LogP contribution in [0.15, 0.2) is 28.7 Å². The predicted octanol–water partition coefficient (Wildman–Crippen LogP) is 5.36. The average molecular weight is 288 g/mol. The van der Waals surface area contributed by atoms with Crippen molar-refractivity contribution in [2.45, 2.75) is 46.0 Å². The van der Waals surface area contributed by atoms with Crippen molar-refractivity contribution in [3.63, 3.8) is 0 Å². The fourth-order valence-electron chi connectivity index (χ4n) is 3.74. The summed E-state index contributed by atoms with van der Waals surface area (Å²) < 4.78 is 19.0. The van der Waals surface area contributed by atoms with Crippen LogP contribution in [-0.4, -0.2) is 5.78 Å². The van der Waals surface area contributed by atoms with Crippen LogP contribution in [0.25, 0.3) is 11.0 Å². The van der Waals surface area contributed by atoms with Crippen LogP contribution < -0.4 is 0 Å². The second kappa shape index (κ2) is 5.28. The Morgan fingerprint density at radius 2 is 2.00 bits per heavy atom. The number of fused-ring (bicyclic) bond motifs is 1. The highest BCUT2D eigenvalue weighted by Gasteiger charge is 2.43. The number of carbonyl (C=O) groups is 1. The van der Waals surface area contributed by atoms with Crippen LogP contribution in [0.1, 0.15) is 56.5 Å². The number of hydrogen-bond donors (Lipinski definition) is 0. The summed E-state index contributed by atoms with van der Waals surface area (Å²) >= 11 is 0. The van der Waals surface area contributed by atoms with Crippen molar-refractivity contribution in [2.24, 2.45) is 11.3 Å². The molecule has 0 amide bonds. The van der Waals surface area contributed by atoms with Crippen molar-refractivity contribution < 1.29 is 13.6 Å². The summed E-state index contributed by atoms with van der Waals surface area (Å²) in [7, 11) is 0. The molecule has 2 aromatic rings. The number of hydrogen-bond acceptors (Lipinski definition) is 2. The highest BCUT2D eigenvalue weighted by Crippen LogP contribution is 2.46. The van der Waals surface area contributed by atoms with Gasteiger partial charge in [-0.25, -0.2) is 4.39 Å². The molecule has 3 heteroatoms. The van der Waals surface area contributed by atoms with Gasteiger partial charge in [-0.3, -0.25) is 4.79 Å². The van der Waals surface area contributed by atoms with Crippen molar-refractivity contribution in [2.75, 3.05) is 0 Å². The van der Waals surface area contributed by atoms with E-state index in [1.807, 2.05) is 0 Å². The normalized spacial score (nSPS) is 17.7. The third-order valence-corrected chi connectivity index (χ3v) is 4.54. The van der Waals surface area contributed by atoms with Gasteiger partial charge in [0.25, 0.3) is 0 Å². The van der Waals surface area contributed by atoms with Crippen LogP contribution in [0.2, 0.25) is 0 Å². The minimum Gasteiger partial charge on any atom is -0.453 e. The number of benzene rings is 1. The fourth-order valence-corrected chi connectivity index (χ4v) is 3.74. The number of halogens is 1. The van der Waals surface area contributed by atoms with E-state index in [2.05, 4.69) is 13.8 Å². The lowest BCUT2D eigenvalue weighted by molar-refractivity contribution is 0.0731. The largest absolute Gasteiger partial charge is 0.453 e. The van der Waals surface area contributed by atoms with Gasteiger partial charge in [0, 0.05) is 10.8 Å². The topological polar surface area (TPSA) is 30.2 Å². The Kier molecular flexibility index (Phi) is 3.60. The molecule has 2 nitrogen and oxygen atoms in total. The second-order valence-corrected chi connectivity index (χ2v) is 6.71. The first kappa shape index (κ1) is 14.3. The zero-order valence-electron chi connectivity index (χ0n) is 12.6. The van der Waals surface area contributed by atoms with E-state index in [9.17, 15) is 9.18 Å². The molecule has 0 N–H and O–H groups in total. The molecule has 21 heavy (non-hydrogen) atoms. The van der Waals surface area contributed by atoms with Gasteiger partial charge in [-0.1, -0.05) is 26.7 Å². The Morgan fingerprint density at radius 3 is 2.67 bits per heavy atom. The molecule has 3 rings (SSSR count). The summed E-state index contributed by atoms with van der Waals surface area (Å²) in [6.45, 7) is 4.31. The number of furan rings is 1. The van der Waals surface area contributed by atoms with Gasteiger partial charge in [0.1, 0.15) is 11.4 Å². The van der Waals surface area contributed by atoms with Gasteiger partial charge in [-0.2, -0.15) is 0 Å². The first-order chi connectivity index (χ1) is 10.00. The SMILES string of the molecule is CC(C)CC1(C(=O)c2cc3cc(F)ccc3o2)CCCC1. The molecule has 0 unspecified atom stereocenters. The van der Waals surface area contributed by atoms with Crippen LogP contribution in [-0.2, 0) is 0 Å². The lowest BCUT2D eigenvalue weighted by Crippen LogP contribution is -2.29. The first-order valence-electron chi connectivity index (χ1n) is 7.74. The molecule has 0 saturated heterocycles. The van der Waals surface area contributed by atoms with Crippen LogP contribution in [0, 0.1) is 17.2 Å². The molecule has 1 saturated carbocycles. The van der Waals surface area contributed by atoms with Gasteiger partial charge in [-0.15, -0.1) is 0 Å². The predicted molar refractivity (Wildman–Crippen MR) is 80.9 cm³/mol. The van der Waals surface area contributed by atoms with Gasteiger partial charge < -0.3 is 4.42 Å². The molecule has 1 aromatic carbocycles. The maximum absolute atomic E-state index is 13.3. The fraction of sp³-hybridized carbons (Fsp3) is 0.500. The molecule has 0 bridgehead atoms. The van der Waals surface area contributed by atoms with Gasteiger partial charge in [0.15, 0.2) is 5.76 Å². The standard InChI is InChI=1S/C18H21FO2/c1-12(2)11-18(7-3-4-8-18)17(20)16-10-13-9-14(19)5-6-15(13)21-16/h5-6,9-10,12H,3-4,7-8,11H2,1-2H3. The monoisotopic (exact) mass is 288 g/mol. The van der Waals surface area contributed by atoms with Gasteiger partial charge in [0.05, 0.1) is 0 Å². The molecular weight excluding hydrogens is 267 g/mol. The number of rotatable bonds is 4. The zero-order valence-corrected chi connectivity index (χ0v) is 12.6. The van der Waals surface area contributed by atoms with Crippen LogP contribution in [0.3, 0.4) is 0 Å². The van der Waals surface area contributed by atoms with Crippen molar-refractivity contribution in [3.05, 3.63) is 35.8 Å². The number of Topliss-reactive ketones (excluding diaryl/α,β-unsaturated/α-hetero) is 1. The van der Waals surface area contributed by atoms with Crippen LogP contribution in [0.4, 0.5) is 4.39 Å². The van der Waals surface area contributed by atoms with E-state index in [-0.39, 0.29) is 17.0 Å².